The van der Waals surface area contributed by atoms with E-state index in [1.807, 2.05) is 45.9 Å². The fourth-order valence-corrected chi connectivity index (χ4v) is 1.69. The summed E-state index contributed by atoms with van der Waals surface area (Å²) < 4.78 is 0. The van der Waals surface area contributed by atoms with Gasteiger partial charge in [-0.05, 0) is 43.9 Å². The zero-order valence-electron chi connectivity index (χ0n) is 10.6. The number of carbonyl (C=O) groups excluding carboxylic acids is 1. The molecule has 2 N–H and O–H groups in total. The zero-order valence-corrected chi connectivity index (χ0v) is 10.6. The third-order valence-electron chi connectivity index (χ3n) is 3.35. The highest BCUT2D eigenvalue weighted by molar-refractivity contribution is 5.89. The first kappa shape index (κ1) is 12.9. The first-order valence-electron chi connectivity index (χ1n) is 5.75. The summed E-state index contributed by atoms with van der Waals surface area (Å²) in [6.45, 7) is 7.83. The highest BCUT2D eigenvalue weighted by Crippen LogP contribution is 2.17. The first-order valence-corrected chi connectivity index (χ1v) is 5.75. The molecule has 0 aliphatic heterocycles. The maximum Gasteiger partial charge on any atom is 0.156 e. The van der Waals surface area contributed by atoms with Gasteiger partial charge in [-0.2, -0.15) is 0 Å². The van der Waals surface area contributed by atoms with Crippen LogP contribution >= 0.6 is 0 Å². The van der Waals surface area contributed by atoms with Crippen LogP contribution in [0.3, 0.4) is 0 Å². The van der Waals surface area contributed by atoms with Gasteiger partial charge in [-0.3, -0.25) is 4.79 Å². The minimum Gasteiger partial charge on any atom is -0.319 e. The van der Waals surface area contributed by atoms with Crippen molar-refractivity contribution in [3.05, 3.63) is 34.9 Å². The second-order valence-electron chi connectivity index (χ2n) is 4.74. The normalized spacial score (nSPS) is 14.6. The van der Waals surface area contributed by atoms with Crippen LogP contribution in [-0.2, 0) is 11.2 Å². The predicted molar refractivity (Wildman–Crippen MR) is 67.5 cm³/mol. The minimum atomic E-state index is -0.700. The third-order valence-corrected chi connectivity index (χ3v) is 3.35. The highest BCUT2D eigenvalue weighted by atomic mass is 16.1. The Morgan fingerprint density at radius 2 is 1.81 bits per heavy atom. The van der Waals surface area contributed by atoms with E-state index in [0.717, 1.165) is 5.56 Å². The molecule has 1 unspecified atom stereocenters. The van der Waals surface area contributed by atoms with E-state index in [1.54, 1.807) is 0 Å². The van der Waals surface area contributed by atoms with Crippen LogP contribution in [0, 0.1) is 13.8 Å². The van der Waals surface area contributed by atoms with Gasteiger partial charge in [-0.15, -0.1) is 0 Å². The molecule has 1 atom stereocenters. The second-order valence-corrected chi connectivity index (χ2v) is 4.74. The Bertz CT molecular complexity index is 373. The molecule has 0 amide bonds. The topological polar surface area (TPSA) is 43.1 Å². The van der Waals surface area contributed by atoms with Gasteiger partial charge < -0.3 is 5.73 Å². The van der Waals surface area contributed by atoms with Gasteiger partial charge in [0, 0.05) is 6.42 Å². The summed E-state index contributed by atoms with van der Waals surface area (Å²) in [6.07, 6.45) is 1.12. The molecule has 0 aliphatic rings. The van der Waals surface area contributed by atoms with Crippen molar-refractivity contribution < 1.29 is 4.79 Å². The van der Waals surface area contributed by atoms with Crippen LogP contribution in [0.25, 0.3) is 0 Å². The van der Waals surface area contributed by atoms with Crippen LogP contribution in [-0.4, -0.2) is 11.3 Å². The van der Waals surface area contributed by atoms with Crippen LogP contribution in [0.15, 0.2) is 18.2 Å². The molecule has 0 saturated carbocycles. The summed E-state index contributed by atoms with van der Waals surface area (Å²) >= 11 is 0. The molecule has 1 aromatic carbocycles. The lowest BCUT2D eigenvalue weighted by molar-refractivity contribution is -0.123. The number of ketones is 1. The van der Waals surface area contributed by atoms with Crippen molar-refractivity contribution in [2.24, 2.45) is 5.73 Å². The maximum atomic E-state index is 12.0. The van der Waals surface area contributed by atoms with Gasteiger partial charge in [0.05, 0.1) is 5.54 Å². The van der Waals surface area contributed by atoms with Crippen LogP contribution < -0.4 is 5.73 Å². The molecular formula is C14H21NO. The molecule has 0 fully saturated rings. The molecule has 0 aromatic heterocycles. The number of nitrogens with two attached hydrogens (primary N) is 1. The summed E-state index contributed by atoms with van der Waals surface area (Å²) in [7, 11) is 0. The van der Waals surface area contributed by atoms with Gasteiger partial charge in [-0.25, -0.2) is 0 Å². The summed E-state index contributed by atoms with van der Waals surface area (Å²) in [6, 6.07) is 6.09. The minimum absolute atomic E-state index is 0.118. The Kier molecular flexibility index (Phi) is 3.87. The third kappa shape index (κ3) is 2.70. The lowest BCUT2D eigenvalue weighted by atomic mass is 9.88. The van der Waals surface area contributed by atoms with Crippen molar-refractivity contribution >= 4 is 5.78 Å². The molecule has 2 nitrogen and oxygen atoms in total. The maximum absolute atomic E-state index is 12.0. The van der Waals surface area contributed by atoms with Crippen LogP contribution in [0.5, 0.6) is 0 Å². The second kappa shape index (κ2) is 4.79. The van der Waals surface area contributed by atoms with E-state index < -0.39 is 5.54 Å². The molecule has 88 valence electrons. The zero-order chi connectivity index (χ0) is 12.3. The number of rotatable bonds is 4. The molecule has 0 saturated heterocycles. The highest BCUT2D eigenvalue weighted by Gasteiger charge is 2.26. The van der Waals surface area contributed by atoms with E-state index in [9.17, 15) is 4.79 Å². The Morgan fingerprint density at radius 3 is 2.25 bits per heavy atom. The van der Waals surface area contributed by atoms with Gasteiger partial charge >= 0.3 is 0 Å². The lowest BCUT2D eigenvalue weighted by Gasteiger charge is -2.22. The molecule has 0 radical (unpaired) electrons. The molecule has 1 aromatic rings. The van der Waals surface area contributed by atoms with Crippen molar-refractivity contribution in [2.45, 2.75) is 46.1 Å². The van der Waals surface area contributed by atoms with E-state index in [1.165, 1.54) is 11.1 Å². The van der Waals surface area contributed by atoms with E-state index in [2.05, 4.69) is 0 Å². The Labute approximate surface area is 97.9 Å². The molecule has 16 heavy (non-hydrogen) atoms. The van der Waals surface area contributed by atoms with E-state index in [-0.39, 0.29) is 5.78 Å². The van der Waals surface area contributed by atoms with Crippen molar-refractivity contribution in [1.82, 2.24) is 0 Å². The molecule has 0 spiro atoms. The SMILES string of the molecule is CCC(C)(N)C(=O)Cc1c(C)cccc1C. The summed E-state index contributed by atoms with van der Waals surface area (Å²) in [4.78, 5) is 12.0. The van der Waals surface area contributed by atoms with Crippen LogP contribution in [0.4, 0.5) is 0 Å². The quantitative estimate of drug-likeness (QED) is 0.845. The molecule has 0 aliphatic carbocycles. The molecular weight excluding hydrogens is 198 g/mol. The van der Waals surface area contributed by atoms with Crippen molar-refractivity contribution in [2.75, 3.05) is 0 Å². The van der Waals surface area contributed by atoms with Crippen molar-refractivity contribution in [1.29, 1.82) is 0 Å². The van der Waals surface area contributed by atoms with Crippen LogP contribution in [0.2, 0.25) is 0 Å². The first-order chi connectivity index (χ1) is 7.38. The van der Waals surface area contributed by atoms with E-state index in [0.29, 0.717) is 12.8 Å². The lowest BCUT2D eigenvalue weighted by Crippen LogP contribution is -2.45. The van der Waals surface area contributed by atoms with Crippen molar-refractivity contribution in [3.8, 4) is 0 Å². The Balaban J connectivity index is 2.94. The van der Waals surface area contributed by atoms with Gasteiger partial charge in [0.15, 0.2) is 5.78 Å². The van der Waals surface area contributed by atoms with Gasteiger partial charge in [0.1, 0.15) is 0 Å². The average molecular weight is 219 g/mol. The molecule has 1 rings (SSSR count). The Morgan fingerprint density at radius 1 is 1.31 bits per heavy atom. The van der Waals surface area contributed by atoms with Crippen LogP contribution in [0.1, 0.15) is 37.0 Å². The van der Waals surface area contributed by atoms with Gasteiger partial charge in [0.25, 0.3) is 0 Å². The number of aryl methyl sites for hydroxylation is 2. The number of hydrogen-bond acceptors (Lipinski definition) is 2. The molecule has 2 heteroatoms. The molecule has 0 heterocycles. The number of hydrogen-bond donors (Lipinski definition) is 1. The Hall–Kier alpha value is -1.15. The fraction of sp³-hybridized carbons (Fsp3) is 0.500. The monoisotopic (exact) mass is 219 g/mol. The largest absolute Gasteiger partial charge is 0.319 e. The smallest absolute Gasteiger partial charge is 0.156 e. The number of carbonyl (C=O) groups is 1. The average Bonchev–Trinajstić information content (AvgIpc) is 2.23. The standard InChI is InChI=1S/C14H21NO/c1-5-14(4,15)13(16)9-12-10(2)7-6-8-11(12)3/h6-8H,5,9,15H2,1-4H3. The predicted octanol–water partition coefficient (Wildman–Crippen LogP) is 2.54. The van der Waals surface area contributed by atoms with E-state index >= 15 is 0 Å². The summed E-state index contributed by atoms with van der Waals surface area (Å²) in [5, 5.41) is 0. The summed E-state index contributed by atoms with van der Waals surface area (Å²) in [5.74, 6) is 0.118. The fourth-order valence-electron chi connectivity index (χ4n) is 1.69. The van der Waals surface area contributed by atoms with Gasteiger partial charge in [0.2, 0.25) is 0 Å². The van der Waals surface area contributed by atoms with Gasteiger partial charge in [-0.1, -0.05) is 25.1 Å². The number of Topliss-reactive ketones (excluding diaryl/α,β-unsaturated/α-hetero) is 1. The summed E-state index contributed by atoms with van der Waals surface area (Å²) in [5.41, 5.74) is 8.71. The van der Waals surface area contributed by atoms with E-state index in [4.69, 9.17) is 5.73 Å². The van der Waals surface area contributed by atoms with Crippen molar-refractivity contribution in [3.63, 3.8) is 0 Å². The molecule has 0 bridgehead atoms. The number of benzene rings is 1.